The van der Waals surface area contributed by atoms with Crippen LogP contribution in [0.3, 0.4) is 0 Å². The molecule has 3 aliphatic carbocycles. The molecule has 0 bridgehead atoms. The molecule has 7 atom stereocenters. The van der Waals surface area contributed by atoms with E-state index in [0.717, 1.165) is 0 Å². The van der Waals surface area contributed by atoms with Gasteiger partial charge in [0, 0.05) is 36.2 Å². The van der Waals surface area contributed by atoms with Crippen LogP contribution in [-0.4, -0.2) is 104 Å². The number of aliphatic hydroxyl groups excluding tert-OH is 3. The van der Waals surface area contributed by atoms with Crippen LogP contribution in [0.2, 0.25) is 0 Å². The van der Waals surface area contributed by atoms with Crippen LogP contribution in [0.15, 0.2) is 29.0 Å². The number of fused-ring (bicyclic) bond motifs is 3. The summed E-state index contributed by atoms with van der Waals surface area (Å²) in [5.74, 6) is -12.7. The molecule has 2 amide bonds. The average molecular weight is 716 g/mol. The van der Waals surface area contributed by atoms with Gasteiger partial charge in [0.05, 0.1) is 32.4 Å². The van der Waals surface area contributed by atoms with Crippen molar-refractivity contribution in [2.24, 2.45) is 17.6 Å². The Kier molecular flexibility index (Phi) is 10.8. The minimum atomic E-state index is -5.05. The largest absolute Gasteiger partial charge is 0.508 e. The maximum atomic E-state index is 14.1. The molecule has 0 spiro atoms. The summed E-state index contributed by atoms with van der Waals surface area (Å²) in [4.78, 5) is 63.9. The number of halogens is 3. The summed E-state index contributed by atoms with van der Waals surface area (Å²) in [5, 5.41) is 59.7. The molecular formula is C31H37F3N3O11P. The Bertz CT molecular complexity index is 1640. The van der Waals surface area contributed by atoms with Gasteiger partial charge >= 0.3 is 12.1 Å². The number of ketones is 2. The molecule has 0 heterocycles. The predicted molar refractivity (Wildman–Crippen MR) is 166 cm³/mol. The van der Waals surface area contributed by atoms with E-state index in [-0.39, 0.29) is 30.3 Å². The van der Waals surface area contributed by atoms with Crippen molar-refractivity contribution < 1.29 is 67.2 Å². The van der Waals surface area contributed by atoms with E-state index in [9.17, 15) is 62.7 Å². The molecule has 49 heavy (non-hydrogen) atoms. The molecular weight excluding hydrogens is 678 g/mol. The van der Waals surface area contributed by atoms with Crippen LogP contribution >= 0.6 is 8.81 Å². The molecule has 18 heteroatoms. The van der Waals surface area contributed by atoms with Crippen molar-refractivity contribution in [2.45, 2.75) is 69.0 Å². The van der Waals surface area contributed by atoms with E-state index in [1.54, 1.807) is 6.92 Å². The van der Waals surface area contributed by atoms with Gasteiger partial charge in [0.2, 0.25) is 11.7 Å². The average Bonchev–Trinajstić information content (AvgIpc) is 3.00. The molecule has 0 saturated heterocycles. The fraction of sp³-hybridized carbons (Fsp3) is 0.516. The second-order valence-electron chi connectivity index (χ2n) is 12.5. The first-order chi connectivity index (χ1) is 22.8. The van der Waals surface area contributed by atoms with E-state index in [0.29, 0.717) is 24.8 Å². The first-order valence-electron chi connectivity index (χ1n) is 15.2. The van der Waals surface area contributed by atoms with Crippen LogP contribution in [0.25, 0.3) is 5.76 Å². The number of hydrogen-bond acceptors (Lipinski definition) is 12. The van der Waals surface area contributed by atoms with Gasteiger partial charge in [0.25, 0.3) is 5.91 Å². The minimum Gasteiger partial charge on any atom is -0.508 e. The van der Waals surface area contributed by atoms with Gasteiger partial charge in [0.15, 0.2) is 11.4 Å². The lowest BCUT2D eigenvalue weighted by molar-refractivity contribution is -0.188. The SMILES string of the molecule is C[C@H]1c2ccc(CNC(=O)CCCCCPOC(=O)C(F)(F)F)c(O)c2C(O)=C2C(=O)[C@]3(O)C(O)=C(C(N)=O)C(=O)[C@@H](N(C)C)[C@@H]3[C@@H](O)[C@@H]21. The van der Waals surface area contributed by atoms with Gasteiger partial charge in [-0.15, -0.1) is 0 Å². The molecule has 1 fully saturated rings. The van der Waals surface area contributed by atoms with Crippen LogP contribution in [0, 0.1) is 11.8 Å². The zero-order valence-corrected chi connectivity index (χ0v) is 27.6. The summed E-state index contributed by atoms with van der Waals surface area (Å²) in [7, 11) is 2.16. The lowest BCUT2D eigenvalue weighted by Gasteiger charge is -2.53. The van der Waals surface area contributed by atoms with Crippen LogP contribution < -0.4 is 11.1 Å². The first kappa shape index (κ1) is 37.8. The summed E-state index contributed by atoms with van der Waals surface area (Å²) >= 11 is 0. The number of nitrogens with two attached hydrogens (primary N) is 1. The Balaban J connectivity index is 1.53. The van der Waals surface area contributed by atoms with Gasteiger partial charge in [-0.3, -0.25) is 24.1 Å². The zero-order chi connectivity index (χ0) is 36.7. The number of Topliss-reactive ketones (excluding diaryl/α,β-unsaturated/α-hetero) is 2. The van der Waals surface area contributed by atoms with Crippen LogP contribution in [-0.2, 0) is 35.0 Å². The molecule has 3 aliphatic rings. The number of unbranched alkanes of at least 4 members (excludes halogenated alkanes) is 2. The number of rotatable bonds is 11. The summed E-state index contributed by atoms with van der Waals surface area (Å²) in [5.41, 5.74) is 0.941. The Morgan fingerprint density at radius 2 is 1.76 bits per heavy atom. The number of hydrogen-bond donors (Lipinski definition) is 7. The number of likely N-dealkylation sites (N-methyl/N-ethyl adjacent to an activating group) is 1. The van der Waals surface area contributed by atoms with E-state index >= 15 is 0 Å². The van der Waals surface area contributed by atoms with Crippen molar-refractivity contribution in [3.8, 4) is 5.75 Å². The highest BCUT2D eigenvalue weighted by Crippen LogP contribution is 2.56. The highest BCUT2D eigenvalue weighted by atomic mass is 31.1. The van der Waals surface area contributed by atoms with E-state index in [2.05, 4.69) is 9.84 Å². The Morgan fingerprint density at radius 1 is 1.10 bits per heavy atom. The van der Waals surface area contributed by atoms with Crippen molar-refractivity contribution in [3.63, 3.8) is 0 Å². The number of aromatic hydroxyl groups is 1. The minimum absolute atomic E-state index is 0.0397. The standard InChI is InChI=1S/C31H37F3N3O11P/c1-12-14-9-8-13(11-36-15(38)7-5-4-6-10-49-48-29(46)31(32,33)34)22(39)17(14)23(40)18-16(12)24(41)20-21(37(2)3)25(42)19(28(35)45)27(44)30(20,47)26(18)43/h8-9,12,16,20-21,24,39-41,44,47,49H,4-7,10-11H2,1-3H3,(H2,35,45)(H,36,38)/t12-,16+,20+,21-,24-,30-/m0/s1. The number of benzene rings is 1. The summed E-state index contributed by atoms with van der Waals surface area (Å²) in [6.07, 6.45) is -5.27. The number of primary amides is 1. The van der Waals surface area contributed by atoms with Crippen molar-refractivity contribution in [2.75, 3.05) is 20.3 Å². The highest BCUT2D eigenvalue weighted by Gasteiger charge is 2.68. The lowest BCUT2D eigenvalue weighted by Crippen LogP contribution is -2.70. The molecule has 1 saturated carbocycles. The van der Waals surface area contributed by atoms with Gasteiger partial charge in [-0.1, -0.05) is 25.5 Å². The number of carbonyl (C=O) groups excluding carboxylic acids is 5. The molecule has 1 aromatic rings. The van der Waals surface area contributed by atoms with Gasteiger partial charge in [0.1, 0.15) is 22.8 Å². The number of phenols is 1. The number of aliphatic hydroxyl groups is 4. The summed E-state index contributed by atoms with van der Waals surface area (Å²) in [6, 6.07) is 1.53. The molecule has 8 N–H and O–H groups in total. The van der Waals surface area contributed by atoms with E-state index in [1.165, 1.54) is 31.1 Å². The second-order valence-corrected chi connectivity index (χ2v) is 13.4. The topological polar surface area (TPSA) is 237 Å². The maximum Gasteiger partial charge on any atom is 0.491 e. The van der Waals surface area contributed by atoms with Gasteiger partial charge < -0.3 is 41.1 Å². The molecule has 4 rings (SSSR count). The van der Waals surface area contributed by atoms with Crippen molar-refractivity contribution in [1.29, 1.82) is 0 Å². The normalized spacial score (nSPS) is 26.9. The maximum absolute atomic E-state index is 14.1. The molecule has 1 aromatic carbocycles. The number of nitrogens with zero attached hydrogens (tertiary/aromatic N) is 1. The van der Waals surface area contributed by atoms with E-state index < -0.39 is 108 Å². The van der Waals surface area contributed by atoms with Gasteiger partial charge in [-0.2, -0.15) is 13.2 Å². The lowest BCUT2D eigenvalue weighted by atomic mass is 9.54. The van der Waals surface area contributed by atoms with E-state index in [4.69, 9.17) is 5.73 Å². The highest BCUT2D eigenvalue weighted by molar-refractivity contribution is 7.32. The summed E-state index contributed by atoms with van der Waals surface area (Å²) < 4.78 is 40.6. The third-order valence-electron chi connectivity index (χ3n) is 9.27. The Labute approximate surface area is 279 Å². The number of phenolic OH excluding ortho intramolecular Hbond substituents is 1. The fourth-order valence-electron chi connectivity index (χ4n) is 6.92. The number of nitrogens with one attached hydrogen (secondary N) is 1. The smallest absolute Gasteiger partial charge is 0.491 e. The first-order valence-corrected chi connectivity index (χ1v) is 16.3. The third-order valence-corrected chi connectivity index (χ3v) is 10.2. The van der Waals surface area contributed by atoms with Gasteiger partial charge in [-0.05, 0) is 38.4 Å². The van der Waals surface area contributed by atoms with Crippen molar-refractivity contribution in [1.82, 2.24) is 10.2 Å². The van der Waals surface area contributed by atoms with Crippen LogP contribution in [0.1, 0.15) is 55.2 Å². The Hall–Kier alpha value is -4.05. The van der Waals surface area contributed by atoms with E-state index in [1.807, 2.05) is 0 Å². The number of alkyl halides is 3. The Morgan fingerprint density at radius 3 is 2.35 bits per heavy atom. The molecule has 0 radical (unpaired) electrons. The van der Waals surface area contributed by atoms with Gasteiger partial charge in [-0.25, -0.2) is 4.79 Å². The number of amides is 2. The number of carbonyl (C=O) groups is 5. The summed E-state index contributed by atoms with van der Waals surface area (Å²) in [6.45, 7) is 1.38. The van der Waals surface area contributed by atoms with Crippen LogP contribution in [0.5, 0.6) is 5.75 Å². The van der Waals surface area contributed by atoms with Crippen molar-refractivity contribution >= 4 is 43.9 Å². The van der Waals surface area contributed by atoms with Crippen molar-refractivity contribution in [3.05, 3.63) is 45.7 Å². The second kappa shape index (κ2) is 14.1. The monoisotopic (exact) mass is 715 g/mol. The molecule has 268 valence electrons. The fourth-order valence-corrected chi connectivity index (χ4v) is 7.66. The third kappa shape index (κ3) is 6.64. The molecule has 1 unspecified atom stereocenters. The van der Waals surface area contributed by atoms with Crippen LogP contribution in [0.4, 0.5) is 13.2 Å². The molecule has 14 nitrogen and oxygen atoms in total. The predicted octanol–water partition coefficient (Wildman–Crippen LogP) is 1.37. The molecule has 0 aliphatic heterocycles. The zero-order valence-electron chi connectivity index (χ0n) is 26.6. The molecule has 0 aromatic heterocycles. The quantitative estimate of drug-likeness (QED) is 0.0978.